The molecule has 0 saturated heterocycles. The number of thiophene rings is 1. The van der Waals surface area contributed by atoms with Crippen molar-refractivity contribution in [2.24, 2.45) is 0 Å². The lowest BCUT2D eigenvalue weighted by molar-refractivity contribution is 0.0696. The number of sulfone groups is 1. The van der Waals surface area contributed by atoms with Crippen LogP contribution in [0.4, 0.5) is 4.79 Å². The van der Waals surface area contributed by atoms with E-state index in [0.717, 1.165) is 17.6 Å². The molecule has 1 aromatic heterocycles. The van der Waals surface area contributed by atoms with Crippen molar-refractivity contribution in [3.8, 4) is 26.6 Å². The Morgan fingerprint density at radius 1 is 0.929 bits per heavy atom. The normalized spacial score (nSPS) is 11.2. The fourth-order valence-corrected chi connectivity index (χ4v) is 4.24. The first-order chi connectivity index (χ1) is 13.1. The minimum atomic E-state index is -3.34. The van der Waals surface area contributed by atoms with Crippen molar-refractivity contribution in [2.75, 3.05) is 6.26 Å². The Morgan fingerprint density at radius 2 is 1.50 bits per heavy atom. The van der Waals surface area contributed by atoms with Crippen molar-refractivity contribution in [1.82, 2.24) is 0 Å². The zero-order valence-corrected chi connectivity index (χ0v) is 16.1. The molecule has 0 aliphatic rings. The maximum atomic E-state index is 11.7. The van der Waals surface area contributed by atoms with Gasteiger partial charge in [-0.3, -0.25) is 0 Å². The molecule has 0 aliphatic heterocycles. The molecule has 2 aromatic carbocycles. The topological polar surface area (TPSA) is 118 Å². The molecule has 7 nitrogen and oxygen atoms in total. The zero-order valence-electron chi connectivity index (χ0n) is 14.4. The molecule has 144 valence electrons. The molecule has 0 spiro atoms. The predicted molar refractivity (Wildman–Crippen MR) is 104 cm³/mol. The van der Waals surface area contributed by atoms with Crippen molar-refractivity contribution in [3.63, 3.8) is 0 Å². The van der Waals surface area contributed by atoms with Gasteiger partial charge in [0.25, 0.3) is 0 Å². The highest BCUT2D eigenvalue weighted by Crippen LogP contribution is 2.43. The number of aromatic carboxylic acids is 1. The summed E-state index contributed by atoms with van der Waals surface area (Å²) in [4.78, 5) is 22.8. The number of ether oxygens (including phenoxy) is 1. The van der Waals surface area contributed by atoms with Gasteiger partial charge in [-0.15, -0.1) is 0 Å². The average Bonchev–Trinajstić information content (AvgIpc) is 3.04. The Hall–Kier alpha value is -3.17. The summed E-state index contributed by atoms with van der Waals surface area (Å²) < 4.78 is 28.1. The maximum Gasteiger partial charge on any atom is 0.512 e. The number of carboxylic acids is 1. The lowest BCUT2D eigenvalue weighted by Crippen LogP contribution is -2.00. The Kier molecular flexibility index (Phi) is 5.21. The number of hydrogen-bond acceptors (Lipinski definition) is 6. The van der Waals surface area contributed by atoms with Gasteiger partial charge in [0.05, 0.1) is 10.5 Å². The number of benzene rings is 2. The maximum absolute atomic E-state index is 11.7. The highest BCUT2D eigenvalue weighted by atomic mass is 32.2. The lowest BCUT2D eigenvalue weighted by atomic mass is 10.0. The van der Waals surface area contributed by atoms with Gasteiger partial charge in [0.2, 0.25) is 0 Å². The fraction of sp³-hybridized carbons (Fsp3) is 0.0526. The SMILES string of the molecule is CS(=O)(=O)c1ccc(-c2cc(OC(=O)O)sc2-c2ccc(C(=O)O)cc2)cc1. The Bertz CT molecular complexity index is 1140. The van der Waals surface area contributed by atoms with Gasteiger partial charge in [-0.05, 0) is 35.4 Å². The van der Waals surface area contributed by atoms with Gasteiger partial charge in [-0.1, -0.05) is 35.6 Å². The number of carbonyl (C=O) groups is 2. The second-order valence-electron chi connectivity index (χ2n) is 5.86. The van der Waals surface area contributed by atoms with E-state index in [1.54, 1.807) is 30.3 Å². The first kappa shape index (κ1) is 19.6. The van der Waals surface area contributed by atoms with E-state index >= 15 is 0 Å². The summed E-state index contributed by atoms with van der Waals surface area (Å²) in [6, 6.07) is 13.9. The summed E-state index contributed by atoms with van der Waals surface area (Å²) in [6.45, 7) is 0. The smallest absolute Gasteiger partial charge is 0.478 e. The van der Waals surface area contributed by atoms with Crippen LogP contribution in [-0.2, 0) is 9.84 Å². The van der Waals surface area contributed by atoms with Crippen molar-refractivity contribution in [1.29, 1.82) is 0 Å². The minimum absolute atomic E-state index is 0.126. The second kappa shape index (κ2) is 7.45. The van der Waals surface area contributed by atoms with E-state index in [0.29, 0.717) is 21.6 Å². The lowest BCUT2D eigenvalue weighted by Gasteiger charge is -2.06. The van der Waals surface area contributed by atoms with Crippen LogP contribution in [0.3, 0.4) is 0 Å². The number of rotatable bonds is 5. The van der Waals surface area contributed by atoms with Gasteiger partial charge in [-0.25, -0.2) is 18.0 Å². The quantitative estimate of drug-likeness (QED) is 0.595. The molecule has 28 heavy (non-hydrogen) atoms. The average molecular weight is 418 g/mol. The molecule has 0 amide bonds. The third kappa shape index (κ3) is 4.21. The Morgan fingerprint density at radius 3 is 2.00 bits per heavy atom. The molecule has 0 bridgehead atoms. The summed E-state index contributed by atoms with van der Waals surface area (Å²) in [5.74, 6) is -1.05. The van der Waals surface area contributed by atoms with Crippen LogP contribution in [0, 0.1) is 0 Å². The molecule has 2 N–H and O–H groups in total. The van der Waals surface area contributed by atoms with Crippen LogP contribution in [0.15, 0.2) is 59.5 Å². The van der Waals surface area contributed by atoms with Gasteiger partial charge >= 0.3 is 12.1 Å². The van der Waals surface area contributed by atoms with Crippen molar-refractivity contribution >= 4 is 33.3 Å². The third-order valence-corrected chi connectivity index (χ3v) is 6.08. The van der Waals surface area contributed by atoms with Crippen LogP contribution in [0.2, 0.25) is 0 Å². The molecule has 9 heteroatoms. The third-order valence-electron chi connectivity index (χ3n) is 3.88. The molecule has 3 rings (SSSR count). The van der Waals surface area contributed by atoms with E-state index in [1.807, 2.05) is 0 Å². The molecule has 1 heterocycles. The van der Waals surface area contributed by atoms with Crippen molar-refractivity contribution < 1.29 is 33.0 Å². The molecule has 0 unspecified atom stereocenters. The van der Waals surface area contributed by atoms with Gasteiger partial charge in [0.1, 0.15) is 0 Å². The molecular weight excluding hydrogens is 404 g/mol. The van der Waals surface area contributed by atoms with Crippen LogP contribution in [0.25, 0.3) is 21.6 Å². The largest absolute Gasteiger partial charge is 0.512 e. The fourth-order valence-electron chi connectivity index (χ4n) is 2.58. The summed E-state index contributed by atoms with van der Waals surface area (Å²) in [6.07, 6.45) is -0.339. The summed E-state index contributed by atoms with van der Waals surface area (Å²) >= 11 is 1.09. The minimum Gasteiger partial charge on any atom is -0.478 e. The van der Waals surface area contributed by atoms with Crippen LogP contribution in [-0.4, -0.2) is 37.0 Å². The first-order valence-corrected chi connectivity index (χ1v) is 10.5. The summed E-state index contributed by atoms with van der Waals surface area (Å²) in [5.41, 5.74) is 2.12. The molecule has 0 aliphatic carbocycles. The van der Waals surface area contributed by atoms with E-state index in [4.69, 9.17) is 14.9 Å². The Balaban J connectivity index is 2.10. The van der Waals surface area contributed by atoms with E-state index in [-0.39, 0.29) is 15.5 Å². The van der Waals surface area contributed by atoms with Crippen LogP contribution >= 0.6 is 11.3 Å². The van der Waals surface area contributed by atoms with E-state index in [9.17, 15) is 18.0 Å². The van der Waals surface area contributed by atoms with E-state index in [2.05, 4.69) is 0 Å². The summed E-state index contributed by atoms with van der Waals surface area (Å²) in [5, 5.41) is 18.1. The van der Waals surface area contributed by atoms with Crippen LogP contribution in [0.1, 0.15) is 10.4 Å². The van der Waals surface area contributed by atoms with Crippen LogP contribution in [0.5, 0.6) is 5.06 Å². The molecule has 0 saturated carbocycles. The van der Waals surface area contributed by atoms with Gasteiger partial charge < -0.3 is 14.9 Å². The van der Waals surface area contributed by atoms with Crippen LogP contribution < -0.4 is 4.74 Å². The second-order valence-corrected chi connectivity index (χ2v) is 8.89. The van der Waals surface area contributed by atoms with E-state index < -0.39 is 22.0 Å². The highest BCUT2D eigenvalue weighted by molar-refractivity contribution is 7.90. The number of carboxylic acid groups (broad SMARTS) is 2. The van der Waals surface area contributed by atoms with Gasteiger partial charge in [0, 0.05) is 22.8 Å². The van der Waals surface area contributed by atoms with E-state index in [1.165, 1.54) is 24.3 Å². The summed E-state index contributed by atoms with van der Waals surface area (Å²) in [7, 11) is -3.34. The highest BCUT2D eigenvalue weighted by Gasteiger charge is 2.17. The van der Waals surface area contributed by atoms with Crippen molar-refractivity contribution in [2.45, 2.75) is 4.90 Å². The van der Waals surface area contributed by atoms with Gasteiger partial charge in [0.15, 0.2) is 14.9 Å². The number of hydrogen-bond donors (Lipinski definition) is 2. The molecule has 0 radical (unpaired) electrons. The predicted octanol–water partition coefficient (Wildman–Crippen LogP) is 4.24. The van der Waals surface area contributed by atoms with Crippen molar-refractivity contribution in [3.05, 3.63) is 60.2 Å². The molecular formula is C19H14O7S2. The molecule has 0 atom stereocenters. The standard InChI is InChI=1S/C19H14O7S2/c1-28(24,25)14-8-6-11(7-9-14)15-10-16(26-19(22)23)27-17(15)12-2-4-13(5-3-12)18(20)21/h2-10H,1H3,(H,20,21)(H,22,23). The monoisotopic (exact) mass is 418 g/mol. The first-order valence-electron chi connectivity index (χ1n) is 7.84. The molecule has 0 fully saturated rings. The van der Waals surface area contributed by atoms with Gasteiger partial charge in [-0.2, -0.15) is 0 Å². The molecule has 3 aromatic rings. The Labute approximate surface area is 164 Å². The zero-order chi connectivity index (χ0) is 20.5.